The van der Waals surface area contributed by atoms with Gasteiger partial charge in [-0.05, 0) is 42.0 Å². The highest BCUT2D eigenvalue weighted by atomic mass is 35.5. The fourth-order valence-electron chi connectivity index (χ4n) is 1.70. The first-order chi connectivity index (χ1) is 9.45. The molecule has 2 rings (SSSR count). The molecule has 2 aromatic carbocycles. The van der Waals surface area contributed by atoms with Crippen molar-refractivity contribution >= 4 is 23.3 Å². The zero-order valence-corrected chi connectivity index (χ0v) is 10.9. The maximum absolute atomic E-state index is 13.5. The average Bonchev–Trinajstić information content (AvgIpc) is 2.36. The number of carboxylic acid groups (broad SMARTS) is 1. The number of aromatic carboxylic acids is 1. The van der Waals surface area contributed by atoms with E-state index in [9.17, 15) is 13.6 Å². The van der Waals surface area contributed by atoms with Gasteiger partial charge in [0, 0.05) is 11.6 Å². The van der Waals surface area contributed by atoms with Crippen molar-refractivity contribution in [3.8, 4) is 0 Å². The van der Waals surface area contributed by atoms with Gasteiger partial charge in [0.25, 0.3) is 0 Å². The molecule has 0 aromatic heterocycles. The van der Waals surface area contributed by atoms with Crippen LogP contribution in [0.15, 0.2) is 36.4 Å². The molecular formula is C14H10ClF2NO2. The number of hydrogen-bond acceptors (Lipinski definition) is 2. The molecule has 20 heavy (non-hydrogen) atoms. The quantitative estimate of drug-likeness (QED) is 0.899. The summed E-state index contributed by atoms with van der Waals surface area (Å²) in [5.74, 6) is -2.23. The Morgan fingerprint density at radius 2 is 1.95 bits per heavy atom. The number of carbonyl (C=O) groups is 1. The third-order valence-electron chi connectivity index (χ3n) is 2.62. The van der Waals surface area contributed by atoms with Crippen LogP contribution in [0, 0.1) is 11.6 Å². The van der Waals surface area contributed by atoms with E-state index in [4.69, 9.17) is 16.7 Å². The topological polar surface area (TPSA) is 49.3 Å². The van der Waals surface area contributed by atoms with E-state index >= 15 is 0 Å². The summed E-state index contributed by atoms with van der Waals surface area (Å²) in [6, 6.07) is 7.37. The third kappa shape index (κ3) is 3.45. The van der Waals surface area contributed by atoms with Gasteiger partial charge in [-0.1, -0.05) is 11.6 Å². The van der Waals surface area contributed by atoms with Crippen molar-refractivity contribution in [3.63, 3.8) is 0 Å². The average molecular weight is 298 g/mol. The number of benzene rings is 2. The Bertz CT molecular complexity index is 641. The molecule has 104 valence electrons. The molecule has 0 heterocycles. The summed E-state index contributed by atoms with van der Waals surface area (Å²) in [5.41, 5.74) is 0.520. The minimum Gasteiger partial charge on any atom is -0.478 e. The molecule has 0 fully saturated rings. The summed E-state index contributed by atoms with van der Waals surface area (Å²) in [5, 5.41) is 11.8. The molecular weight excluding hydrogens is 288 g/mol. The van der Waals surface area contributed by atoms with Crippen LogP contribution < -0.4 is 5.32 Å². The molecule has 0 aliphatic rings. The number of rotatable bonds is 4. The molecule has 3 nitrogen and oxygen atoms in total. The molecule has 0 unspecified atom stereocenters. The van der Waals surface area contributed by atoms with Gasteiger partial charge in [0.05, 0.1) is 11.3 Å². The second kappa shape index (κ2) is 5.88. The normalized spacial score (nSPS) is 10.3. The van der Waals surface area contributed by atoms with Gasteiger partial charge in [0.2, 0.25) is 0 Å². The fourth-order valence-corrected chi connectivity index (χ4v) is 1.95. The number of nitrogens with one attached hydrogen (secondary N) is 1. The van der Waals surface area contributed by atoms with Crippen molar-refractivity contribution in [2.24, 2.45) is 0 Å². The molecule has 0 bridgehead atoms. The number of hydrogen-bond donors (Lipinski definition) is 2. The van der Waals surface area contributed by atoms with Crippen molar-refractivity contribution in [2.45, 2.75) is 6.54 Å². The van der Waals surface area contributed by atoms with E-state index in [2.05, 4.69) is 5.32 Å². The maximum atomic E-state index is 13.5. The molecule has 2 N–H and O–H groups in total. The molecule has 6 heteroatoms. The zero-order valence-electron chi connectivity index (χ0n) is 10.2. The maximum Gasteiger partial charge on any atom is 0.335 e. The molecule has 0 amide bonds. The predicted molar refractivity (Wildman–Crippen MR) is 72.1 cm³/mol. The van der Waals surface area contributed by atoms with Crippen molar-refractivity contribution in [1.82, 2.24) is 0 Å². The highest BCUT2D eigenvalue weighted by Crippen LogP contribution is 2.19. The van der Waals surface area contributed by atoms with Crippen LogP contribution in [-0.2, 0) is 6.54 Å². The number of anilines is 1. The van der Waals surface area contributed by atoms with Gasteiger partial charge in [-0.2, -0.15) is 0 Å². The molecule has 0 saturated heterocycles. The molecule has 0 saturated carbocycles. The summed E-state index contributed by atoms with van der Waals surface area (Å²) in [6.45, 7) is 0.122. The lowest BCUT2D eigenvalue weighted by Crippen LogP contribution is -2.04. The number of carboxylic acids is 1. The van der Waals surface area contributed by atoms with Crippen LogP contribution in [0.3, 0.4) is 0 Å². The van der Waals surface area contributed by atoms with Crippen LogP contribution >= 0.6 is 11.6 Å². The smallest absolute Gasteiger partial charge is 0.335 e. The summed E-state index contributed by atoms with van der Waals surface area (Å²) in [6.07, 6.45) is 0. The van der Waals surface area contributed by atoms with E-state index in [-0.39, 0.29) is 22.8 Å². The molecule has 0 aliphatic carbocycles. The zero-order chi connectivity index (χ0) is 14.7. The lowest BCUT2D eigenvalue weighted by Gasteiger charge is -2.09. The second-order valence-corrected chi connectivity index (χ2v) is 4.57. The highest BCUT2D eigenvalue weighted by Gasteiger charge is 2.08. The minimum atomic E-state index is -1.15. The fraction of sp³-hybridized carbons (Fsp3) is 0.0714. The van der Waals surface area contributed by atoms with Gasteiger partial charge in [0.15, 0.2) is 0 Å². The van der Waals surface area contributed by atoms with Crippen LogP contribution in [0.1, 0.15) is 15.9 Å². The Morgan fingerprint density at radius 3 is 2.60 bits per heavy atom. The number of halogens is 3. The first kappa shape index (κ1) is 14.3. The van der Waals surface area contributed by atoms with Gasteiger partial charge in [0.1, 0.15) is 11.6 Å². The van der Waals surface area contributed by atoms with Crippen molar-refractivity contribution < 1.29 is 18.7 Å². The summed E-state index contributed by atoms with van der Waals surface area (Å²) in [7, 11) is 0. The Hall–Kier alpha value is -2.14. The first-order valence-electron chi connectivity index (χ1n) is 5.67. The Morgan fingerprint density at radius 1 is 1.20 bits per heavy atom. The SMILES string of the molecule is O=C(O)c1ccc(F)c(NCc2cc(F)cc(Cl)c2)c1. The summed E-state index contributed by atoms with van der Waals surface area (Å²) < 4.78 is 26.7. The monoisotopic (exact) mass is 297 g/mol. The van der Waals surface area contributed by atoms with E-state index in [0.29, 0.717) is 5.56 Å². The highest BCUT2D eigenvalue weighted by molar-refractivity contribution is 6.30. The van der Waals surface area contributed by atoms with Crippen LogP contribution in [0.5, 0.6) is 0 Å². The Labute approximate surface area is 118 Å². The van der Waals surface area contributed by atoms with Crippen molar-refractivity contribution in [1.29, 1.82) is 0 Å². The van der Waals surface area contributed by atoms with E-state index in [1.54, 1.807) is 0 Å². The van der Waals surface area contributed by atoms with Crippen molar-refractivity contribution in [3.05, 3.63) is 64.2 Å². The Balaban J connectivity index is 2.18. The third-order valence-corrected chi connectivity index (χ3v) is 2.84. The van der Waals surface area contributed by atoms with E-state index in [1.807, 2.05) is 0 Å². The van der Waals surface area contributed by atoms with Gasteiger partial charge >= 0.3 is 5.97 Å². The van der Waals surface area contributed by atoms with Gasteiger partial charge < -0.3 is 10.4 Å². The lowest BCUT2D eigenvalue weighted by atomic mass is 10.1. The molecule has 0 spiro atoms. The van der Waals surface area contributed by atoms with Crippen LogP contribution in [-0.4, -0.2) is 11.1 Å². The summed E-state index contributed by atoms with van der Waals surface area (Å²) in [4.78, 5) is 10.8. The minimum absolute atomic E-state index is 0.0327. The lowest BCUT2D eigenvalue weighted by molar-refractivity contribution is 0.0697. The molecule has 2 aromatic rings. The first-order valence-corrected chi connectivity index (χ1v) is 6.05. The Kier molecular flexibility index (Phi) is 4.20. The van der Waals surface area contributed by atoms with Gasteiger partial charge in [-0.3, -0.25) is 0 Å². The molecule has 0 aliphatic heterocycles. The van der Waals surface area contributed by atoms with E-state index < -0.39 is 17.6 Å². The molecule has 0 atom stereocenters. The molecule has 0 radical (unpaired) electrons. The largest absolute Gasteiger partial charge is 0.478 e. The van der Waals surface area contributed by atoms with Gasteiger partial charge in [-0.15, -0.1) is 0 Å². The van der Waals surface area contributed by atoms with Crippen LogP contribution in [0.25, 0.3) is 0 Å². The van der Waals surface area contributed by atoms with Crippen LogP contribution in [0.2, 0.25) is 5.02 Å². The summed E-state index contributed by atoms with van der Waals surface area (Å²) >= 11 is 5.71. The van der Waals surface area contributed by atoms with E-state index in [0.717, 1.165) is 12.1 Å². The van der Waals surface area contributed by atoms with Crippen molar-refractivity contribution in [2.75, 3.05) is 5.32 Å². The van der Waals surface area contributed by atoms with Crippen LogP contribution in [0.4, 0.5) is 14.5 Å². The van der Waals surface area contributed by atoms with E-state index in [1.165, 1.54) is 24.3 Å². The second-order valence-electron chi connectivity index (χ2n) is 4.13. The van der Waals surface area contributed by atoms with Gasteiger partial charge in [-0.25, -0.2) is 13.6 Å². The predicted octanol–water partition coefficient (Wildman–Crippen LogP) is 3.93. The standard InChI is InChI=1S/C14H10ClF2NO2/c15-10-3-8(4-11(16)6-10)7-18-13-5-9(14(19)20)1-2-12(13)17/h1-6,18H,7H2,(H,19,20).